The Morgan fingerprint density at radius 3 is 2.00 bits per heavy atom. The molecule has 27 heavy (non-hydrogen) atoms. The van der Waals surface area contributed by atoms with Crippen LogP contribution in [0.3, 0.4) is 0 Å². The van der Waals surface area contributed by atoms with Gasteiger partial charge in [-0.15, -0.1) is 12.3 Å². The zero-order valence-corrected chi connectivity index (χ0v) is 15.6. The van der Waals surface area contributed by atoms with Gasteiger partial charge in [-0.25, -0.2) is 0 Å². The molecule has 130 valence electrons. The lowest BCUT2D eigenvalue weighted by Crippen LogP contribution is -1.93. The summed E-state index contributed by atoms with van der Waals surface area (Å²) >= 11 is 0. The number of aryl methyl sites for hydroxylation is 1. The van der Waals surface area contributed by atoms with Gasteiger partial charge in [0.05, 0.1) is 0 Å². The first-order valence-electron chi connectivity index (χ1n) is 9.24. The second-order valence-electron chi connectivity index (χ2n) is 6.92. The number of fused-ring (bicyclic) bond motifs is 2. The van der Waals surface area contributed by atoms with Crippen molar-refractivity contribution >= 4 is 27.6 Å². The van der Waals surface area contributed by atoms with Gasteiger partial charge in [-0.1, -0.05) is 73.3 Å². The second-order valence-corrected chi connectivity index (χ2v) is 6.92. The molecule has 0 radical (unpaired) electrons. The van der Waals surface area contributed by atoms with E-state index >= 15 is 0 Å². The van der Waals surface area contributed by atoms with Crippen molar-refractivity contribution in [3.8, 4) is 11.1 Å². The largest absolute Gasteiger partial charge is 0.128 e. The minimum absolute atomic E-state index is 0.861. The average molecular weight is 346 g/mol. The first kappa shape index (κ1) is 17.1. The summed E-state index contributed by atoms with van der Waals surface area (Å²) in [5, 5.41) is 5.17. The molecule has 0 aliphatic carbocycles. The molecule has 0 atom stereocenters. The highest BCUT2D eigenvalue weighted by Gasteiger charge is 2.14. The third kappa shape index (κ3) is 3.01. The van der Waals surface area contributed by atoms with Gasteiger partial charge in [0.1, 0.15) is 0 Å². The third-order valence-corrected chi connectivity index (χ3v) is 5.05. The van der Waals surface area contributed by atoms with E-state index in [1.165, 1.54) is 43.8 Å². The summed E-state index contributed by atoms with van der Waals surface area (Å²) in [6.07, 6.45) is 4.79. The van der Waals surface area contributed by atoms with Crippen molar-refractivity contribution in [2.24, 2.45) is 0 Å². The summed E-state index contributed by atoms with van der Waals surface area (Å²) < 4.78 is 0. The highest BCUT2D eigenvalue weighted by atomic mass is 14.2. The van der Waals surface area contributed by atoms with Crippen LogP contribution in [-0.2, 0) is 6.42 Å². The quantitative estimate of drug-likeness (QED) is 0.204. The molecule has 0 heterocycles. The van der Waals surface area contributed by atoms with E-state index in [-0.39, 0.29) is 0 Å². The van der Waals surface area contributed by atoms with Gasteiger partial charge in [0, 0.05) is 0 Å². The van der Waals surface area contributed by atoms with Gasteiger partial charge in [0.25, 0.3) is 0 Å². The fourth-order valence-electron chi connectivity index (χ4n) is 4.05. The molecular weight excluding hydrogens is 324 g/mol. The number of hydrogen-bond acceptors (Lipinski definition) is 0. The van der Waals surface area contributed by atoms with E-state index in [1.54, 1.807) is 0 Å². The molecule has 0 aliphatic rings. The lowest BCUT2D eigenvalue weighted by molar-refractivity contribution is 1.34. The van der Waals surface area contributed by atoms with Crippen LogP contribution in [0.5, 0.6) is 0 Å². The number of benzene rings is 4. The molecule has 4 aromatic carbocycles. The van der Waals surface area contributed by atoms with Gasteiger partial charge in [0.2, 0.25) is 0 Å². The molecule has 0 aromatic heterocycles. The van der Waals surface area contributed by atoms with Crippen LogP contribution in [0, 0.1) is 6.92 Å². The van der Waals surface area contributed by atoms with E-state index in [1.807, 2.05) is 12.2 Å². The van der Waals surface area contributed by atoms with Crippen LogP contribution in [0.25, 0.3) is 38.7 Å². The van der Waals surface area contributed by atoms with Gasteiger partial charge in [-0.2, -0.15) is 0 Å². The Morgan fingerprint density at radius 1 is 0.852 bits per heavy atom. The van der Waals surface area contributed by atoms with Gasteiger partial charge in [0.15, 0.2) is 0 Å². The molecular formula is C27H22. The van der Waals surface area contributed by atoms with Crippen LogP contribution in [0.4, 0.5) is 0 Å². The fourth-order valence-corrected chi connectivity index (χ4v) is 4.05. The third-order valence-electron chi connectivity index (χ3n) is 5.05. The van der Waals surface area contributed by atoms with Crippen molar-refractivity contribution in [3.05, 3.63) is 108 Å². The number of hydrogen-bond donors (Lipinski definition) is 0. The zero-order valence-electron chi connectivity index (χ0n) is 15.6. The Kier molecular flexibility index (Phi) is 4.50. The second kappa shape index (κ2) is 7.11. The Bertz CT molecular complexity index is 1160. The lowest BCUT2D eigenvalue weighted by atomic mass is 9.86. The SMILES string of the molecule is C=C=Cc1cc(C)cc(-c2c3ccccc3c(CC=C)c3ccccc23)c1. The molecule has 0 aliphatic heterocycles. The summed E-state index contributed by atoms with van der Waals surface area (Å²) in [7, 11) is 0. The average Bonchev–Trinajstić information content (AvgIpc) is 2.68. The minimum Gasteiger partial charge on any atom is -0.128 e. The molecule has 4 rings (SSSR count). The Balaban J connectivity index is 2.19. The monoisotopic (exact) mass is 346 g/mol. The molecule has 0 fully saturated rings. The first-order chi connectivity index (χ1) is 13.2. The maximum absolute atomic E-state index is 3.98. The molecule has 0 amide bonds. The van der Waals surface area contributed by atoms with E-state index in [0.717, 1.165) is 12.0 Å². The van der Waals surface area contributed by atoms with Crippen molar-refractivity contribution in [1.82, 2.24) is 0 Å². The number of rotatable bonds is 4. The molecule has 0 heteroatoms. The maximum Gasteiger partial charge on any atom is -0.00263 e. The highest BCUT2D eigenvalue weighted by molar-refractivity contribution is 6.15. The van der Waals surface area contributed by atoms with Crippen molar-refractivity contribution in [1.29, 1.82) is 0 Å². The Morgan fingerprint density at radius 2 is 1.44 bits per heavy atom. The Hall–Kier alpha value is -3.34. The molecule has 0 spiro atoms. The van der Waals surface area contributed by atoms with Gasteiger partial charge in [-0.05, 0) is 74.8 Å². The van der Waals surface area contributed by atoms with E-state index < -0.39 is 0 Å². The standard InChI is InChI=1S/C27H22/c1-4-10-20-16-19(3)17-21(18-20)27-25-14-8-6-12-23(25)22(11-5-2)24-13-7-9-15-26(24)27/h5-10,12-18H,1-2,11H2,3H3. The van der Waals surface area contributed by atoms with Crippen molar-refractivity contribution in [3.63, 3.8) is 0 Å². The highest BCUT2D eigenvalue weighted by Crippen LogP contribution is 2.40. The molecule has 0 N–H and O–H groups in total. The summed E-state index contributed by atoms with van der Waals surface area (Å²) in [6, 6.07) is 24.1. The van der Waals surface area contributed by atoms with Gasteiger partial charge >= 0.3 is 0 Å². The summed E-state index contributed by atoms with van der Waals surface area (Å²) in [6.45, 7) is 9.85. The van der Waals surface area contributed by atoms with Crippen LogP contribution >= 0.6 is 0 Å². The number of allylic oxidation sites excluding steroid dienone is 1. The predicted octanol–water partition coefficient (Wildman–Crippen LogP) is 7.50. The lowest BCUT2D eigenvalue weighted by Gasteiger charge is -2.17. The topological polar surface area (TPSA) is 0 Å². The van der Waals surface area contributed by atoms with Crippen molar-refractivity contribution < 1.29 is 0 Å². The Labute approximate surface area is 160 Å². The van der Waals surface area contributed by atoms with Crippen LogP contribution in [0.2, 0.25) is 0 Å². The van der Waals surface area contributed by atoms with Crippen LogP contribution < -0.4 is 0 Å². The fraction of sp³-hybridized carbons (Fsp3) is 0.0741. The summed E-state index contributed by atoms with van der Waals surface area (Å²) in [5.41, 5.74) is 9.13. The zero-order chi connectivity index (χ0) is 18.8. The molecule has 0 saturated carbocycles. The molecule has 4 aromatic rings. The van der Waals surface area contributed by atoms with Gasteiger partial charge in [-0.3, -0.25) is 0 Å². The van der Waals surface area contributed by atoms with Crippen LogP contribution in [0.15, 0.2) is 91.7 Å². The van der Waals surface area contributed by atoms with Crippen molar-refractivity contribution in [2.75, 3.05) is 0 Å². The maximum atomic E-state index is 3.98. The minimum atomic E-state index is 0.861. The first-order valence-corrected chi connectivity index (χ1v) is 9.24. The predicted molar refractivity (Wildman–Crippen MR) is 119 cm³/mol. The molecule has 0 unspecified atom stereocenters. The van der Waals surface area contributed by atoms with E-state index in [2.05, 4.69) is 92.5 Å². The molecule has 0 saturated heterocycles. The molecule has 0 bridgehead atoms. The van der Waals surface area contributed by atoms with E-state index in [9.17, 15) is 0 Å². The van der Waals surface area contributed by atoms with Crippen molar-refractivity contribution in [2.45, 2.75) is 13.3 Å². The normalized spacial score (nSPS) is 10.7. The summed E-state index contributed by atoms with van der Waals surface area (Å²) in [4.78, 5) is 0. The van der Waals surface area contributed by atoms with E-state index in [0.29, 0.717) is 0 Å². The van der Waals surface area contributed by atoms with Gasteiger partial charge < -0.3 is 0 Å². The van der Waals surface area contributed by atoms with Crippen LogP contribution in [0.1, 0.15) is 16.7 Å². The smallest absolute Gasteiger partial charge is 0.00263 e. The van der Waals surface area contributed by atoms with Crippen LogP contribution in [-0.4, -0.2) is 0 Å². The molecule has 0 nitrogen and oxygen atoms in total. The van der Waals surface area contributed by atoms with E-state index in [4.69, 9.17) is 0 Å². The summed E-state index contributed by atoms with van der Waals surface area (Å²) in [5.74, 6) is 0.